The number of oxime groups is 1. The molecule has 0 aliphatic carbocycles. The zero-order chi connectivity index (χ0) is 16.7. The van der Waals surface area contributed by atoms with Crippen molar-refractivity contribution in [2.24, 2.45) is 11.1 Å². The Labute approximate surface area is 143 Å². The Balaban J connectivity index is 2.04. The Morgan fingerprint density at radius 1 is 0.958 bits per heavy atom. The lowest BCUT2D eigenvalue weighted by Crippen LogP contribution is -2.35. The number of hydrogen-bond donors (Lipinski definition) is 0. The first-order chi connectivity index (χ1) is 11.7. The number of hydrogen-bond acceptors (Lipinski definition) is 2. The van der Waals surface area contributed by atoms with Gasteiger partial charge >= 0.3 is 0 Å². The summed E-state index contributed by atoms with van der Waals surface area (Å²) >= 11 is 0. The Morgan fingerprint density at radius 3 is 2.08 bits per heavy atom. The fourth-order valence-electron chi connectivity index (χ4n) is 4.02. The quantitative estimate of drug-likeness (QED) is 0.549. The molecule has 2 nitrogen and oxygen atoms in total. The summed E-state index contributed by atoms with van der Waals surface area (Å²) in [5.74, 6) is 0.316. The molecule has 2 heteroatoms. The van der Waals surface area contributed by atoms with Gasteiger partial charge in [-0.2, -0.15) is 0 Å². The standard InChI is InChI=1S/C22H23NO/c1-4-19-21(23-24-22(19,3)5-2)20-17-12-8-6-10-15(17)14-16-11-7-9-13-18(16)20/h6-14,19H,4-5H2,1-3H3. The maximum Gasteiger partial charge on any atom is 0.143 e. The van der Waals surface area contributed by atoms with Crippen molar-refractivity contribution in [1.82, 2.24) is 0 Å². The summed E-state index contributed by atoms with van der Waals surface area (Å²) in [7, 11) is 0. The van der Waals surface area contributed by atoms with Crippen LogP contribution in [0, 0.1) is 5.92 Å². The zero-order valence-electron chi connectivity index (χ0n) is 14.5. The van der Waals surface area contributed by atoms with Crippen LogP contribution in [-0.4, -0.2) is 11.3 Å². The summed E-state index contributed by atoms with van der Waals surface area (Å²) in [6.45, 7) is 6.60. The van der Waals surface area contributed by atoms with Gasteiger partial charge in [-0.1, -0.05) is 67.5 Å². The number of nitrogens with zero attached hydrogens (tertiary/aromatic N) is 1. The van der Waals surface area contributed by atoms with Crippen LogP contribution in [0.1, 0.15) is 39.2 Å². The second-order valence-corrected chi connectivity index (χ2v) is 6.89. The van der Waals surface area contributed by atoms with Crippen LogP contribution in [0.25, 0.3) is 21.5 Å². The van der Waals surface area contributed by atoms with Crippen molar-refractivity contribution in [2.45, 2.75) is 39.2 Å². The van der Waals surface area contributed by atoms with Crippen LogP contribution in [0.5, 0.6) is 0 Å². The fraction of sp³-hybridized carbons (Fsp3) is 0.318. The maximum atomic E-state index is 5.95. The van der Waals surface area contributed by atoms with Gasteiger partial charge in [0.15, 0.2) is 0 Å². The van der Waals surface area contributed by atoms with Crippen LogP contribution in [0.3, 0.4) is 0 Å². The van der Waals surface area contributed by atoms with E-state index in [9.17, 15) is 0 Å². The highest BCUT2D eigenvalue weighted by Gasteiger charge is 2.43. The molecule has 0 saturated heterocycles. The third-order valence-corrected chi connectivity index (χ3v) is 5.56. The molecule has 122 valence electrons. The lowest BCUT2D eigenvalue weighted by atomic mass is 9.78. The molecule has 0 N–H and O–H groups in total. The molecule has 4 rings (SSSR count). The van der Waals surface area contributed by atoms with Crippen molar-refractivity contribution in [2.75, 3.05) is 0 Å². The van der Waals surface area contributed by atoms with Gasteiger partial charge in [0, 0.05) is 11.5 Å². The van der Waals surface area contributed by atoms with Gasteiger partial charge in [0.1, 0.15) is 5.60 Å². The predicted molar refractivity (Wildman–Crippen MR) is 102 cm³/mol. The first-order valence-electron chi connectivity index (χ1n) is 8.85. The maximum absolute atomic E-state index is 5.95. The Kier molecular flexibility index (Phi) is 3.56. The highest BCUT2D eigenvalue weighted by Crippen LogP contribution is 2.40. The topological polar surface area (TPSA) is 21.6 Å². The van der Waals surface area contributed by atoms with Gasteiger partial charge in [0.25, 0.3) is 0 Å². The van der Waals surface area contributed by atoms with Crippen LogP contribution < -0.4 is 0 Å². The molecule has 0 saturated carbocycles. The minimum Gasteiger partial charge on any atom is -0.389 e. The first-order valence-corrected chi connectivity index (χ1v) is 8.85. The highest BCUT2D eigenvalue weighted by molar-refractivity contribution is 6.21. The summed E-state index contributed by atoms with van der Waals surface area (Å²) in [4.78, 5) is 5.95. The van der Waals surface area contributed by atoms with E-state index in [1.54, 1.807) is 0 Å². The minimum atomic E-state index is -0.206. The van der Waals surface area contributed by atoms with Crippen LogP contribution in [0.4, 0.5) is 0 Å². The lowest BCUT2D eigenvalue weighted by Gasteiger charge is -2.27. The van der Waals surface area contributed by atoms with Gasteiger partial charge in [-0.25, -0.2) is 0 Å². The number of benzene rings is 3. The van der Waals surface area contributed by atoms with E-state index in [0.717, 1.165) is 18.6 Å². The van der Waals surface area contributed by atoms with Crippen LogP contribution in [0.2, 0.25) is 0 Å². The highest BCUT2D eigenvalue weighted by atomic mass is 16.7. The van der Waals surface area contributed by atoms with Crippen molar-refractivity contribution in [3.63, 3.8) is 0 Å². The molecule has 3 aromatic rings. The van der Waals surface area contributed by atoms with Gasteiger partial charge in [-0.15, -0.1) is 0 Å². The third kappa shape index (κ3) is 2.13. The van der Waals surface area contributed by atoms with Crippen molar-refractivity contribution in [3.8, 4) is 0 Å². The van der Waals surface area contributed by atoms with E-state index in [1.165, 1.54) is 27.1 Å². The zero-order valence-corrected chi connectivity index (χ0v) is 14.5. The van der Waals surface area contributed by atoms with Gasteiger partial charge in [-0.3, -0.25) is 0 Å². The average molecular weight is 317 g/mol. The van der Waals surface area contributed by atoms with E-state index < -0.39 is 0 Å². The number of rotatable bonds is 3. The molecule has 3 aromatic carbocycles. The largest absolute Gasteiger partial charge is 0.389 e. The summed E-state index contributed by atoms with van der Waals surface area (Å²) in [5, 5.41) is 9.64. The van der Waals surface area contributed by atoms with Gasteiger partial charge in [0.2, 0.25) is 0 Å². The molecule has 0 aromatic heterocycles. The molecule has 24 heavy (non-hydrogen) atoms. The van der Waals surface area contributed by atoms with Gasteiger partial charge in [0.05, 0.1) is 5.71 Å². The SMILES string of the molecule is CCC1C(c2c3ccccc3cc3ccccc23)=NOC1(C)CC. The van der Waals surface area contributed by atoms with Crippen LogP contribution >= 0.6 is 0 Å². The summed E-state index contributed by atoms with van der Waals surface area (Å²) in [6.07, 6.45) is 1.99. The average Bonchev–Trinajstić information content (AvgIpc) is 2.96. The second-order valence-electron chi connectivity index (χ2n) is 6.89. The van der Waals surface area contributed by atoms with E-state index in [-0.39, 0.29) is 5.60 Å². The van der Waals surface area contributed by atoms with Crippen LogP contribution in [-0.2, 0) is 4.84 Å². The molecule has 1 aliphatic heterocycles. The number of fused-ring (bicyclic) bond motifs is 2. The molecule has 0 bridgehead atoms. The third-order valence-electron chi connectivity index (χ3n) is 5.56. The molecule has 1 aliphatic rings. The predicted octanol–water partition coefficient (Wildman–Crippen LogP) is 5.92. The normalized spacial score (nSPS) is 23.5. The first kappa shape index (κ1) is 15.2. The van der Waals surface area contributed by atoms with Crippen molar-refractivity contribution in [1.29, 1.82) is 0 Å². The smallest absolute Gasteiger partial charge is 0.143 e. The Hall–Kier alpha value is -2.35. The van der Waals surface area contributed by atoms with E-state index in [2.05, 4.69) is 80.5 Å². The minimum absolute atomic E-state index is 0.206. The monoisotopic (exact) mass is 317 g/mol. The van der Waals surface area contributed by atoms with Crippen molar-refractivity contribution in [3.05, 3.63) is 60.2 Å². The molecule has 0 radical (unpaired) electrons. The van der Waals surface area contributed by atoms with Gasteiger partial charge in [-0.05, 0) is 47.4 Å². The summed E-state index contributed by atoms with van der Waals surface area (Å²) in [5.41, 5.74) is 2.14. The molecule has 2 atom stereocenters. The summed E-state index contributed by atoms with van der Waals surface area (Å²) in [6, 6.07) is 19.5. The van der Waals surface area contributed by atoms with Gasteiger partial charge < -0.3 is 4.84 Å². The molecule has 1 heterocycles. The molecule has 2 unspecified atom stereocenters. The Bertz CT molecular complexity index is 889. The van der Waals surface area contributed by atoms with E-state index in [0.29, 0.717) is 5.92 Å². The lowest BCUT2D eigenvalue weighted by molar-refractivity contribution is -0.0332. The summed E-state index contributed by atoms with van der Waals surface area (Å²) < 4.78 is 0. The molecular formula is C22H23NO. The second kappa shape index (κ2) is 5.62. The van der Waals surface area contributed by atoms with E-state index >= 15 is 0 Å². The molecule has 0 amide bonds. The fourth-order valence-corrected chi connectivity index (χ4v) is 4.02. The van der Waals surface area contributed by atoms with Crippen LogP contribution in [0.15, 0.2) is 59.8 Å². The van der Waals surface area contributed by atoms with Crippen molar-refractivity contribution >= 4 is 27.3 Å². The van der Waals surface area contributed by atoms with E-state index in [1.807, 2.05) is 0 Å². The van der Waals surface area contributed by atoms with Crippen molar-refractivity contribution < 1.29 is 4.84 Å². The van der Waals surface area contributed by atoms with E-state index in [4.69, 9.17) is 4.84 Å². The molecule has 0 spiro atoms. The Morgan fingerprint density at radius 2 is 1.54 bits per heavy atom. The molecule has 0 fully saturated rings. The molecular weight excluding hydrogens is 294 g/mol.